The molecule has 0 aliphatic carbocycles. The Morgan fingerprint density at radius 3 is 2.30 bits per heavy atom. The summed E-state index contributed by atoms with van der Waals surface area (Å²) in [5, 5.41) is 2.87. The number of sulfone groups is 1. The monoisotopic (exact) mass is 355 g/mol. The van der Waals surface area contributed by atoms with E-state index in [0.717, 1.165) is 12.3 Å². The first-order valence-electron chi connectivity index (χ1n) is 6.74. The highest BCUT2D eigenvalue weighted by Crippen LogP contribution is 2.18. The van der Waals surface area contributed by atoms with Crippen LogP contribution in [0.4, 0.5) is 4.39 Å². The molecular formula is C16H15ClFNO3S. The molecule has 0 aromatic heterocycles. The second kappa shape index (κ2) is 6.68. The van der Waals surface area contributed by atoms with Crippen LogP contribution in [0.15, 0.2) is 47.4 Å². The summed E-state index contributed by atoms with van der Waals surface area (Å²) < 4.78 is 36.6. The van der Waals surface area contributed by atoms with Crippen molar-refractivity contribution in [3.63, 3.8) is 0 Å². The molecule has 1 atom stereocenters. The molecule has 1 unspecified atom stereocenters. The lowest BCUT2D eigenvalue weighted by Gasteiger charge is -2.15. The van der Waals surface area contributed by atoms with Gasteiger partial charge in [-0.1, -0.05) is 23.7 Å². The number of hydrogen-bond donors (Lipinski definition) is 1. The maximum atomic E-state index is 13.7. The predicted molar refractivity (Wildman–Crippen MR) is 86.8 cm³/mol. The molecule has 0 spiro atoms. The Labute approximate surface area is 139 Å². The summed E-state index contributed by atoms with van der Waals surface area (Å²) in [7, 11) is -3.27. The van der Waals surface area contributed by atoms with Crippen molar-refractivity contribution in [2.24, 2.45) is 0 Å². The van der Waals surface area contributed by atoms with Gasteiger partial charge >= 0.3 is 0 Å². The van der Waals surface area contributed by atoms with E-state index in [1.54, 1.807) is 19.1 Å². The van der Waals surface area contributed by atoms with Crippen molar-refractivity contribution < 1.29 is 17.6 Å². The van der Waals surface area contributed by atoms with Gasteiger partial charge < -0.3 is 5.32 Å². The van der Waals surface area contributed by atoms with Gasteiger partial charge in [0.2, 0.25) is 0 Å². The number of benzene rings is 2. The fourth-order valence-electron chi connectivity index (χ4n) is 2.04. The van der Waals surface area contributed by atoms with Crippen LogP contribution in [0.2, 0.25) is 5.02 Å². The first kappa shape index (κ1) is 17.4. The molecule has 1 amide bonds. The van der Waals surface area contributed by atoms with Crippen LogP contribution in [-0.2, 0) is 9.84 Å². The smallest absolute Gasteiger partial charge is 0.254 e. The molecule has 4 nitrogen and oxygen atoms in total. The van der Waals surface area contributed by atoms with Crippen LogP contribution in [-0.4, -0.2) is 20.6 Å². The quantitative estimate of drug-likeness (QED) is 0.914. The van der Waals surface area contributed by atoms with Crippen molar-refractivity contribution in [2.45, 2.75) is 17.9 Å². The van der Waals surface area contributed by atoms with Crippen molar-refractivity contribution in [2.75, 3.05) is 6.26 Å². The topological polar surface area (TPSA) is 63.2 Å². The maximum Gasteiger partial charge on any atom is 0.254 e. The van der Waals surface area contributed by atoms with Gasteiger partial charge in [0.1, 0.15) is 5.82 Å². The molecule has 0 saturated heterocycles. The highest BCUT2D eigenvalue weighted by molar-refractivity contribution is 7.90. The largest absolute Gasteiger partial charge is 0.345 e. The number of carbonyl (C=O) groups excluding carboxylic acids is 1. The number of halogens is 2. The molecule has 23 heavy (non-hydrogen) atoms. The second-order valence-electron chi connectivity index (χ2n) is 5.16. The van der Waals surface area contributed by atoms with Gasteiger partial charge in [0.05, 0.1) is 16.5 Å². The fraction of sp³-hybridized carbons (Fsp3) is 0.188. The maximum absolute atomic E-state index is 13.7. The van der Waals surface area contributed by atoms with Crippen LogP contribution >= 0.6 is 11.6 Å². The lowest BCUT2D eigenvalue weighted by Crippen LogP contribution is -2.27. The highest BCUT2D eigenvalue weighted by atomic mass is 35.5. The Morgan fingerprint density at radius 2 is 1.78 bits per heavy atom. The van der Waals surface area contributed by atoms with E-state index in [9.17, 15) is 17.6 Å². The Balaban J connectivity index is 2.15. The van der Waals surface area contributed by atoms with Gasteiger partial charge in [-0.05, 0) is 42.8 Å². The zero-order valence-corrected chi connectivity index (χ0v) is 14.1. The van der Waals surface area contributed by atoms with Gasteiger partial charge in [-0.3, -0.25) is 4.79 Å². The SMILES string of the molecule is CC(NC(=O)c1ccc(Cl)cc1F)c1ccc(S(C)(=O)=O)cc1. The number of nitrogens with one attached hydrogen (secondary N) is 1. The van der Waals surface area contributed by atoms with Crippen molar-refractivity contribution in [3.05, 3.63) is 64.4 Å². The molecule has 0 heterocycles. The van der Waals surface area contributed by atoms with Crippen molar-refractivity contribution in [3.8, 4) is 0 Å². The van der Waals surface area contributed by atoms with E-state index in [-0.39, 0.29) is 15.5 Å². The Morgan fingerprint density at radius 1 is 1.17 bits per heavy atom. The molecule has 0 fully saturated rings. The minimum Gasteiger partial charge on any atom is -0.345 e. The summed E-state index contributed by atoms with van der Waals surface area (Å²) in [4.78, 5) is 12.3. The molecule has 2 rings (SSSR count). The molecule has 2 aromatic rings. The molecule has 0 saturated carbocycles. The Kier molecular flexibility index (Phi) is 5.06. The molecule has 122 valence electrons. The van der Waals surface area contributed by atoms with E-state index in [4.69, 9.17) is 11.6 Å². The van der Waals surface area contributed by atoms with Gasteiger partial charge in [-0.2, -0.15) is 0 Å². The van der Waals surface area contributed by atoms with E-state index in [1.165, 1.54) is 24.3 Å². The first-order valence-corrected chi connectivity index (χ1v) is 9.01. The summed E-state index contributed by atoms with van der Waals surface area (Å²) in [6, 6.07) is 9.57. The third-order valence-electron chi connectivity index (χ3n) is 3.33. The Hall–Kier alpha value is -1.92. The van der Waals surface area contributed by atoms with Crippen molar-refractivity contribution in [1.29, 1.82) is 0 Å². The lowest BCUT2D eigenvalue weighted by molar-refractivity contribution is 0.0936. The van der Waals surface area contributed by atoms with Crippen LogP contribution < -0.4 is 5.32 Å². The molecule has 7 heteroatoms. The predicted octanol–water partition coefficient (Wildman–Crippen LogP) is 3.37. The average molecular weight is 356 g/mol. The van der Waals surface area contributed by atoms with Crippen LogP contribution in [0.1, 0.15) is 28.9 Å². The molecule has 1 N–H and O–H groups in total. The summed E-state index contributed by atoms with van der Waals surface area (Å²) in [5.74, 6) is -1.27. The number of carbonyl (C=O) groups is 1. The third-order valence-corrected chi connectivity index (χ3v) is 4.70. The van der Waals surface area contributed by atoms with Gasteiger partial charge in [-0.25, -0.2) is 12.8 Å². The molecular weight excluding hydrogens is 341 g/mol. The minimum atomic E-state index is -3.27. The van der Waals surface area contributed by atoms with Crippen LogP contribution in [0, 0.1) is 5.82 Å². The summed E-state index contributed by atoms with van der Waals surface area (Å²) in [5.41, 5.74) is 0.606. The molecule has 2 aromatic carbocycles. The normalized spacial score (nSPS) is 12.7. The lowest BCUT2D eigenvalue weighted by atomic mass is 10.1. The molecule has 0 radical (unpaired) electrons. The third kappa shape index (κ3) is 4.30. The number of hydrogen-bond acceptors (Lipinski definition) is 3. The Bertz CT molecular complexity index is 835. The zero-order valence-electron chi connectivity index (χ0n) is 12.5. The minimum absolute atomic E-state index is 0.103. The molecule has 0 aliphatic rings. The molecule has 0 aliphatic heterocycles. The van der Waals surface area contributed by atoms with E-state index < -0.39 is 27.6 Å². The van der Waals surface area contributed by atoms with Crippen LogP contribution in [0.25, 0.3) is 0 Å². The first-order chi connectivity index (χ1) is 10.7. The van der Waals surface area contributed by atoms with E-state index in [2.05, 4.69) is 5.32 Å². The summed E-state index contributed by atoms with van der Waals surface area (Å²) in [6.45, 7) is 1.72. The van der Waals surface area contributed by atoms with Crippen molar-refractivity contribution in [1.82, 2.24) is 5.32 Å². The summed E-state index contributed by atoms with van der Waals surface area (Å²) in [6.07, 6.45) is 1.12. The van der Waals surface area contributed by atoms with Gasteiger partial charge in [-0.15, -0.1) is 0 Å². The zero-order chi connectivity index (χ0) is 17.2. The van der Waals surface area contributed by atoms with Gasteiger partial charge in [0, 0.05) is 11.3 Å². The number of rotatable bonds is 4. The van der Waals surface area contributed by atoms with Crippen LogP contribution in [0.3, 0.4) is 0 Å². The molecule has 0 bridgehead atoms. The van der Waals surface area contributed by atoms with Crippen molar-refractivity contribution >= 4 is 27.3 Å². The highest BCUT2D eigenvalue weighted by Gasteiger charge is 2.16. The fourth-order valence-corrected chi connectivity index (χ4v) is 2.82. The number of amides is 1. The van der Waals surface area contributed by atoms with E-state index >= 15 is 0 Å². The summed E-state index contributed by atoms with van der Waals surface area (Å²) >= 11 is 5.65. The van der Waals surface area contributed by atoms with Gasteiger partial charge in [0.25, 0.3) is 5.91 Å². The second-order valence-corrected chi connectivity index (χ2v) is 7.61. The van der Waals surface area contributed by atoms with Crippen LogP contribution in [0.5, 0.6) is 0 Å². The van der Waals surface area contributed by atoms with Gasteiger partial charge in [0.15, 0.2) is 9.84 Å². The standard InChI is InChI=1S/C16H15ClFNO3S/c1-10(11-3-6-13(7-4-11)23(2,21)22)19-16(20)14-8-5-12(17)9-15(14)18/h3-10H,1-2H3,(H,19,20). The van der Waals surface area contributed by atoms with E-state index in [0.29, 0.717) is 5.56 Å². The van der Waals surface area contributed by atoms with E-state index in [1.807, 2.05) is 0 Å². The average Bonchev–Trinajstić information content (AvgIpc) is 2.46.